The van der Waals surface area contributed by atoms with Crippen LogP contribution in [0.3, 0.4) is 0 Å². The van der Waals surface area contributed by atoms with Crippen LogP contribution in [0.25, 0.3) is 0 Å². The van der Waals surface area contributed by atoms with Gasteiger partial charge in [-0.1, -0.05) is 17.3 Å². The van der Waals surface area contributed by atoms with Crippen molar-refractivity contribution in [2.75, 3.05) is 6.54 Å². The summed E-state index contributed by atoms with van der Waals surface area (Å²) < 4.78 is 6.01. The highest BCUT2D eigenvalue weighted by atomic mass is 16.7. The minimum atomic E-state index is -0.450. The Morgan fingerprint density at radius 3 is 2.40 bits per heavy atom. The Bertz CT molecular complexity index is 856. The topological polar surface area (TPSA) is 92.0 Å². The van der Waals surface area contributed by atoms with Gasteiger partial charge in [0.25, 0.3) is 0 Å². The molecule has 6 atom stereocenters. The van der Waals surface area contributed by atoms with Crippen molar-refractivity contribution in [1.82, 2.24) is 4.90 Å². The first-order valence-electron chi connectivity index (χ1n) is 8.40. The maximum Gasteiger partial charge on any atom is 0.235 e. The van der Waals surface area contributed by atoms with Crippen molar-refractivity contribution in [3.05, 3.63) is 35.4 Å². The van der Waals surface area contributed by atoms with Crippen LogP contribution in [0.15, 0.2) is 29.4 Å². The number of carbonyl (C=O) groups is 2. The van der Waals surface area contributed by atoms with Gasteiger partial charge in [0.1, 0.15) is 6.10 Å². The summed E-state index contributed by atoms with van der Waals surface area (Å²) >= 11 is 0. The Kier molecular flexibility index (Phi) is 2.86. The van der Waals surface area contributed by atoms with E-state index in [4.69, 9.17) is 14.8 Å². The first-order chi connectivity index (χ1) is 12.2. The highest BCUT2D eigenvalue weighted by Crippen LogP contribution is 2.54. The Morgan fingerprint density at radius 2 is 1.76 bits per heavy atom. The fourth-order valence-corrected chi connectivity index (χ4v) is 4.68. The molecule has 2 amide bonds. The van der Waals surface area contributed by atoms with Gasteiger partial charge < -0.3 is 9.57 Å². The SMILES string of the molecule is CCN1C(=O)[C@@H]2[C@H]3O[C@@H]([C@@H]4C(c5ccc(C#N)cc5)=NO[C@@H]34)[C@H]2C1=O. The van der Waals surface area contributed by atoms with Crippen LogP contribution in [0.5, 0.6) is 0 Å². The number of benzene rings is 1. The quantitative estimate of drug-likeness (QED) is 0.740. The highest BCUT2D eigenvalue weighted by molar-refractivity contribution is 6.09. The van der Waals surface area contributed by atoms with Gasteiger partial charge in [0, 0.05) is 6.54 Å². The largest absolute Gasteiger partial charge is 0.389 e. The van der Waals surface area contributed by atoms with Gasteiger partial charge in [-0.05, 0) is 24.6 Å². The number of rotatable bonds is 2. The molecule has 1 aromatic rings. The number of nitrogens with zero attached hydrogens (tertiary/aromatic N) is 3. The molecular weight excluding hydrogens is 322 g/mol. The highest BCUT2D eigenvalue weighted by Gasteiger charge is 2.71. The number of ether oxygens (including phenoxy) is 1. The van der Waals surface area contributed by atoms with Crippen LogP contribution in [-0.4, -0.2) is 47.3 Å². The molecule has 7 nitrogen and oxygen atoms in total. The molecule has 0 radical (unpaired) electrons. The van der Waals surface area contributed by atoms with Crippen molar-refractivity contribution in [1.29, 1.82) is 5.26 Å². The Labute approximate surface area is 143 Å². The summed E-state index contributed by atoms with van der Waals surface area (Å²) in [4.78, 5) is 32.1. The second-order valence-electron chi connectivity index (χ2n) is 6.80. The number of fused-ring (bicyclic) bond motifs is 8. The number of hydrogen-bond donors (Lipinski definition) is 0. The second-order valence-corrected chi connectivity index (χ2v) is 6.80. The van der Waals surface area contributed by atoms with E-state index < -0.39 is 17.9 Å². The lowest BCUT2D eigenvalue weighted by molar-refractivity contribution is -0.142. The first kappa shape index (κ1) is 14.6. The smallest absolute Gasteiger partial charge is 0.235 e. The minimum absolute atomic E-state index is 0.144. The summed E-state index contributed by atoms with van der Waals surface area (Å²) in [6.07, 6.45) is -1.14. The summed E-state index contributed by atoms with van der Waals surface area (Å²) in [7, 11) is 0. The molecule has 4 aliphatic rings. The van der Waals surface area contributed by atoms with Gasteiger partial charge in [0.15, 0.2) is 6.10 Å². The van der Waals surface area contributed by atoms with Crippen molar-refractivity contribution in [2.45, 2.75) is 25.2 Å². The Morgan fingerprint density at radius 1 is 1.08 bits per heavy atom. The third-order valence-corrected chi connectivity index (χ3v) is 5.76. The van der Waals surface area contributed by atoms with Gasteiger partial charge in [-0.25, -0.2) is 0 Å². The second kappa shape index (κ2) is 4.90. The molecular formula is C18H15N3O4. The molecule has 0 saturated carbocycles. The fourth-order valence-electron chi connectivity index (χ4n) is 4.68. The molecule has 5 rings (SSSR count). The van der Waals surface area contributed by atoms with Crippen LogP contribution in [-0.2, 0) is 19.2 Å². The molecule has 126 valence electrons. The molecule has 2 bridgehead atoms. The molecule has 7 heteroatoms. The molecule has 0 aromatic heterocycles. The lowest BCUT2D eigenvalue weighted by atomic mass is 9.71. The molecule has 3 saturated heterocycles. The first-order valence-corrected chi connectivity index (χ1v) is 8.40. The minimum Gasteiger partial charge on any atom is -0.389 e. The van der Waals surface area contributed by atoms with E-state index in [9.17, 15) is 9.59 Å². The van der Waals surface area contributed by atoms with Crippen molar-refractivity contribution in [2.24, 2.45) is 22.9 Å². The molecule has 4 aliphatic heterocycles. The van der Waals surface area contributed by atoms with Gasteiger partial charge in [0.05, 0.1) is 41.2 Å². The van der Waals surface area contributed by atoms with Crippen LogP contribution in [0.2, 0.25) is 0 Å². The van der Waals surface area contributed by atoms with Crippen LogP contribution in [0.1, 0.15) is 18.1 Å². The zero-order chi connectivity index (χ0) is 17.3. The van der Waals surface area contributed by atoms with Crippen molar-refractivity contribution >= 4 is 17.5 Å². The van der Waals surface area contributed by atoms with E-state index in [1.54, 1.807) is 19.1 Å². The van der Waals surface area contributed by atoms with E-state index in [0.29, 0.717) is 12.1 Å². The monoisotopic (exact) mass is 337 g/mol. The van der Waals surface area contributed by atoms with Crippen molar-refractivity contribution in [3.8, 4) is 6.07 Å². The summed E-state index contributed by atoms with van der Waals surface area (Å²) in [5.74, 6) is -1.35. The van der Waals surface area contributed by atoms with Crippen LogP contribution in [0.4, 0.5) is 0 Å². The molecule has 0 aliphatic carbocycles. The number of hydrogen-bond acceptors (Lipinski definition) is 6. The molecule has 0 N–H and O–H groups in total. The van der Waals surface area contributed by atoms with Crippen molar-refractivity contribution < 1.29 is 19.2 Å². The number of oxime groups is 1. The average Bonchev–Trinajstić information content (AvgIpc) is 3.35. The predicted octanol–water partition coefficient (Wildman–Crippen LogP) is 0.679. The fraction of sp³-hybridized carbons (Fsp3) is 0.444. The zero-order valence-electron chi connectivity index (χ0n) is 13.5. The van der Waals surface area contributed by atoms with E-state index in [1.807, 2.05) is 12.1 Å². The number of likely N-dealkylation sites (tertiary alicyclic amines) is 1. The van der Waals surface area contributed by atoms with Crippen LogP contribution >= 0.6 is 0 Å². The Balaban J connectivity index is 1.49. The predicted molar refractivity (Wildman–Crippen MR) is 84.1 cm³/mol. The normalized spacial score (nSPS) is 37.6. The average molecular weight is 337 g/mol. The van der Waals surface area contributed by atoms with Crippen LogP contribution < -0.4 is 0 Å². The molecule has 0 spiro atoms. The van der Waals surface area contributed by atoms with Gasteiger partial charge in [-0.2, -0.15) is 5.26 Å². The summed E-state index contributed by atoms with van der Waals surface area (Å²) in [5, 5.41) is 13.2. The molecule has 3 fully saturated rings. The number of nitriles is 1. The maximum absolute atomic E-state index is 12.6. The lowest BCUT2D eigenvalue weighted by Crippen LogP contribution is -2.45. The summed E-state index contributed by atoms with van der Waals surface area (Å²) in [6, 6.07) is 9.19. The lowest BCUT2D eigenvalue weighted by Gasteiger charge is -2.26. The number of carbonyl (C=O) groups excluding carboxylic acids is 2. The van der Waals surface area contributed by atoms with E-state index in [0.717, 1.165) is 11.3 Å². The van der Waals surface area contributed by atoms with Gasteiger partial charge in [-0.15, -0.1) is 0 Å². The Hall–Kier alpha value is -2.72. The molecule has 1 aromatic carbocycles. The van der Waals surface area contributed by atoms with Gasteiger partial charge in [0.2, 0.25) is 11.8 Å². The maximum atomic E-state index is 12.6. The van der Waals surface area contributed by atoms with Crippen molar-refractivity contribution in [3.63, 3.8) is 0 Å². The summed E-state index contributed by atoms with van der Waals surface area (Å²) in [5.41, 5.74) is 2.15. The van der Waals surface area contributed by atoms with E-state index >= 15 is 0 Å². The number of imide groups is 1. The van der Waals surface area contributed by atoms with E-state index in [-0.39, 0.29) is 29.9 Å². The standard InChI is InChI=1S/C18H15N3O4/c1-2-21-17(22)10-11(18(21)23)15-16-12(14(10)24-15)13(20-25-16)9-5-3-8(7-19)4-6-9/h3-6,10-12,14-16H,2H2,1H3/t10-,11-,12-,14+,15+,16+/m0/s1. The van der Waals surface area contributed by atoms with E-state index in [1.165, 1.54) is 4.90 Å². The summed E-state index contributed by atoms with van der Waals surface area (Å²) in [6.45, 7) is 2.19. The third kappa shape index (κ3) is 1.70. The number of amides is 2. The molecule has 4 heterocycles. The molecule has 0 unspecified atom stereocenters. The third-order valence-electron chi connectivity index (χ3n) is 5.76. The molecule has 25 heavy (non-hydrogen) atoms. The zero-order valence-corrected chi connectivity index (χ0v) is 13.5. The van der Waals surface area contributed by atoms with E-state index in [2.05, 4.69) is 11.2 Å². The van der Waals surface area contributed by atoms with Gasteiger partial charge >= 0.3 is 0 Å². The van der Waals surface area contributed by atoms with Crippen LogP contribution in [0, 0.1) is 29.1 Å². The van der Waals surface area contributed by atoms with Gasteiger partial charge in [-0.3, -0.25) is 14.5 Å².